The third-order valence-corrected chi connectivity index (χ3v) is 5.80. The van der Waals surface area contributed by atoms with Crippen LogP contribution in [0.3, 0.4) is 0 Å². The summed E-state index contributed by atoms with van der Waals surface area (Å²) in [6.45, 7) is 6.02. The number of aromatic nitrogens is 2. The zero-order valence-corrected chi connectivity index (χ0v) is 20.6. The maximum Gasteiger partial charge on any atom is 0.225 e. The van der Waals surface area contributed by atoms with Crippen molar-refractivity contribution in [3.63, 3.8) is 0 Å². The van der Waals surface area contributed by atoms with Crippen molar-refractivity contribution in [2.45, 2.75) is 129 Å². The molecule has 0 aliphatic heterocycles. The highest BCUT2D eigenvalue weighted by Gasteiger charge is 2.03. The second kappa shape index (κ2) is 20.4. The maximum atomic E-state index is 5.79. The van der Waals surface area contributed by atoms with Gasteiger partial charge in [0.2, 0.25) is 11.8 Å². The Morgan fingerprint density at radius 3 is 1.68 bits per heavy atom. The van der Waals surface area contributed by atoms with Crippen LogP contribution in [-0.4, -0.2) is 23.1 Å². The van der Waals surface area contributed by atoms with Gasteiger partial charge in [-0.15, -0.1) is 0 Å². The SMILES string of the molecule is CCCCCCCCCCCCCCCCCCNc1cc(OCCCC)nc(N)n1. The molecule has 0 saturated heterocycles. The summed E-state index contributed by atoms with van der Waals surface area (Å²) >= 11 is 0. The van der Waals surface area contributed by atoms with Crippen molar-refractivity contribution >= 4 is 11.8 Å². The van der Waals surface area contributed by atoms with E-state index >= 15 is 0 Å². The lowest BCUT2D eigenvalue weighted by Gasteiger charge is -2.09. The van der Waals surface area contributed by atoms with E-state index in [4.69, 9.17) is 10.5 Å². The Balaban J connectivity index is 1.89. The van der Waals surface area contributed by atoms with Crippen molar-refractivity contribution < 1.29 is 4.74 Å². The van der Waals surface area contributed by atoms with Gasteiger partial charge >= 0.3 is 0 Å². The fourth-order valence-electron chi connectivity index (χ4n) is 3.82. The van der Waals surface area contributed by atoms with Gasteiger partial charge in [0.25, 0.3) is 0 Å². The summed E-state index contributed by atoms with van der Waals surface area (Å²) in [4.78, 5) is 8.39. The molecule has 0 saturated carbocycles. The third-order valence-electron chi connectivity index (χ3n) is 5.80. The summed E-state index contributed by atoms with van der Waals surface area (Å²) in [5, 5.41) is 3.35. The molecule has 0 unspecified atom stereocenters. The van der Waals surface area contributed by atoms with Gasteiger partial charge in [0.1, 0.15) is 5.82 Å². The van der Waals surface area contributed by atoms with Crippen LogP contribution in [0.5, 0.6) is 5.88 Å². The van der Waals surface area contributed by atoms with Crippen LogP contribution in [0, 0.1) is 0 Å². The minimum Gasteiger partial charge on any atom is -0.477 e. The molecule has 1 aromatic heterocycles. The van der Waals surface area contributed by atoms with E-state index < -0.39 is 0 Å². The Labute approximate surface area is 192 Å². The number of ether oxygens (including phenoxy) is 1. The summed E-state index contributed by atoms with van der Waals surface area (Å²) in [5.41, 5.74) is 5.79. The van der Waals surface area contributed by atoms with Gasteiger partial charge in [-0.1, -0.05) is 117 Å². The number of hydrogen-bond donors (Lipinski definition) is 2. The molecule has 5 heteroatoms. The standard InChI is InChI=1S/C26H50N4O/c1-3-5-7-8-9-10-11-12-13-14-15-16-17-18-19-20-21-28-24-23-25(30-26(27)29-24)31-22-6-4-2/h23H,3-22H2,1-2H3,(H3,27,28,29,30). The number of nitrogens with zero attached hydrogens (tertiary/aromatic N) is 2. The second-order valence-corrected chi connectivity index (χ2v) is 8.88. The largest absolute Gasteiger partial charge is 0.477 e. The van der Waals surface area contributed by atoms with Gasteiger partial charge in [0, 0.05) is 12.6 Å². The molecule has 0 bridgehead atoms. The number of hydrogen-bond acceptors (Lipinski definition) is 5. The van der Waals surface area contributed by atoms with Crippen LogP contribution in [0.4, 0.5) is 11.8 Å². The lowest BCUT2D eigenvalue weighted by Crippen LogP contribution is -2.08. The highest BCUT2D eigenvalue weighted by atomic mass is 16.5. The van der Waals surface area contributed by atoms with Gasteiger partial charge in [-0.2, -0.15) is 9.97 Å². The minimum atomic E-state index is 0.267. The van der Waals surface area contributed by atoms with Crippen LogP contribution in [0.2, 0.25) is 0 Å². The number of unbranched alkanes of at least 4 members (excludes halogenated alkanes) is 16. The van der Waals surface area contributed by atoms with Crippen molar-refractivity contribution in [1.29, 1.82) is 0 Å². The lowest BCUT2D eigenvalue weighted by molar-refractivity contribution is 0.298. The van der Waals surface area contributed by atoms with Gasteiger partial charge in [-0.3, -0.25) is 0 Å². The number of nitrogens with two attached hydrogens (primary N) is 1. The van der Waals surface area contributed by atoms with E-state index in [0.29, 0.717) is 12.5 Å². The molecule has 0 spiro atoms. The van der Waals surface area contributed by atoms with Crippen LogP contribution in [-0.2, 0) is 0 Å². The normalized spacial score (nSPS) is 11.0. The van der Waals surface area contributed by atoms with Gasteiger partial charge in [0.05, 0.1) is 6.61 Å². The van der Waals surface area contributed by atoms with Crippen molar-refractivity contribution in [3.8, 4) is 5.88 Å². The summed E-state index contributed by atoms with van der Waals surface area (Å²) in [6.07, 6.45) is 24.4. The average Bonchev–Trinajstić information content (AvgIpc) is 2.76. The van der Waals surface area contributed by atoms with Crippen molar-refractivity contribution in [2.24, 2.45) is 0 Å². The van der Waals surface area contributed by atoms with E-state index in [1.807, 2.05) is 6.07 Å². The van der Waals surface area contributed by atoms with Crippen LogP contribution in [0.25, 0.3) is 0 Å². The van der Waals surface area contributed by atoms with E-state index in [1.54, 1.807) is 0 Å². The van der Waals surface area contributed by atoms with E-state index in [-0.39, 0.29) is 5.95 Å². The molecule has 31 heavy (non-hydrogen) atoms. The predicted octanol–water partition coefficient (Wildman–Crippen LogP) is 7.91. The maximum absolute atomic E-state index is 5.79. The zero-order valence-electron chi connectivity index (χ0n) is 20.6. The first-order chi connectivity index (χ1) is 15.3. The average molecular weight is 435 g/mol. The predicted molar refractivity (Wildman–Crippen MR) is 135 cm³/mol. The van der Waals surface area contributed by atoms with Crippen LogP contribution < -0.4 is 15.8 Å². The number of nitrogen functional groups attached to an aromatic ring is 1. The lowest BCUT2D eigenvalue weighted by atomic mass is 10.0. The minimum absolute atomic E-state index is 0.267. The van der Waals surface area contributed by atoms with E-state index in [1.165, 1.54) is 96.3 Å². The Morgan fingerprint density at radius 1 is 0.677 bits per heavy atom. The molecule has 1 aromatic rings. The highest BCUT2D eigenvalue weighted by Crippen LogP contribution is 2.16. The molecular formula is C26H50N4O. The van der Waals surface area contributed by atoms with Gasteiger partial charge in [-0.25, -0.2) is 0 Å². The molecular weight excluding hydrogens is 384 g/mol. The summed E-state index contributed by atoms with van der Waals surface area (Å²) in [7, 11) is 0. The molecule has 180 valence electrons. The molecule has 0 aliphatic carbocycles. The number of anilines is 2. The summed E-state index contributed by atoms with van der Waals surface area (Å²) < 4.78 is 5.63. The first-order valence-electron chi connectivity index (χ1n) is 13.3. The van der Waals surface area contributed by atoms with Gasteiger partial charge in [-0.05, 0) is 12.8 Å². The fraction of sp³-hybridized carbons (Fsp3) is 0.846. The molecule has 0 fully saturated rings. The second-order valence-electron chi connectivity index (χ2n) is 8.88. The van der Waals surface area contributed by atoms with E-state index in [2.05, 4.69) is 29.1 Å². The number of rotatable bonds is 22. The van der Waals surface area contributed by atoms with Crippen molar-refractivity contribution in [3.05, 3.63) is 6.07 Å². The Hall–Kier alpha value is -1.52. The molecule has 1 heterocycles. The monoisotopic (exact) mass is 434 g/mol. The first kappa shape index (κ1) is 27.5. The summed E-state index contributed by atoms with van der Waals surface area (Å²) in [5.74, 6) is 1.60. The molecule has 0 amide bonds. The van der Waals surface area contributed by atoms with E-state index in [9.17, 15) is 0 Å². The molecule has 3 N–H and O–H groups in total. The highest BCUT2D eigenvalue weighted by molar-refractivity contribution is 5.42. The molecule has 0 atom stereocenters. The Bertz CT molecular complexity index is 524. The first-order valence-corrected chi connectivity index (χ1v) is 13.3. The third kappa shape index (κ3) is 16.8. The Kier molecular flexibility index (Phi) is 18.1. The van der Waals surface area contributed by atoms with Crippen molar-refractivity contribution in [1.82, 2.24) is 9.97 Å². The molecule has 0 radical (unpaired) electrons. The van der Waals surface area contributed by atoms with E-state index in [0.717, 1.165) is 31.6 Å². The van der Waals surface area contributed by atoms with Gasteiger partial charge < -0.3 is 15.8 Å². The zero-order chi connectivity index (χ0) is 22.4. The van der Waals surface area contributed by atoms with Gasteiger partial charge in [0.15, 0.2) is 0 Å². The smallest absolute Gasteiger partial charge is 0.225 e. The van der Waals surface area contributed by atoms with Crippen LogP contribution in [0.1, 0.15) is 129 Å². The topological polar surface area (TPSA) is 73.1 Å². The number of nitrogens with one attached hydrogen (secondary N) is 1. The molecule has 0 aliphatic rings. The van der Waals surface area contributed by atoms with Crippen LogP contribution in [0.15, 0.2) is 6.07 Å². The van der Waals surface area contributed by atoms with Crippen LogP contribution >= 0.6 is 0 Å². The Morgan fingerprint density at radius 2 is 1.16 bits per heavy atom. The molecule has 5 nitrogen and oxygen atoms in total. The quantitative estimate of drug-likeness (QED) is 0.181. The fourth-order valence-corrected chi connectivity index (χ4v) is 3.82. The molecule has 1 rings (SSSR count). The van der Waals surface area contributed by atoms with Crippen molar-refractivity contribution in [2.75, 3.05) is 24.2 Å². The summed E-state index contributed by atoms with van der Waals surface area (Å²) in [6, 6.07) is 1.85. The molecule has 0 aromatic carbocycles.